The van der Waals surface area contributed by atoms with Gasteiger partial charge in [-0.05, 0) is 19.4 Å². The van der Waals surface area contributed by atoms with Gasteiger partial charge in [0.05, 0.1) is 5.92 Å². The van der Waals surface area contributed by atoms with Crippen LogP contribution in [-0.2, 0) is 15.6 Å². The van der Waals surface area contributed by atoms with Crippen LogP contribution in [0.2, 0.25) is 0 Å². The molecular weight excluding hydrogens is 212 g/mol. The lowest BCUT2D eigenvalue weighted by atomic mass is 9.97. The average molecular weight is 232 g/mol. The lowest BCUT2D eigenvalue weighted by molar-refractivity contribution is -0.125. The number of hydrogen-bond acceptors (Lipinski definition) is 3. The normalized spacial score (nSPS) is 29.8. The highest BCUT2D eigenvalue weighted by Crippen LogP contribution is 2.15. The second kappa shape index (κ2) is 5.61. The molecule has 88 valence electrons. The highest BCUT2D eigenvalue weighted by Gasteiger charge is 2.29. The fourth-order valence-corrected chi connectivity index (χ4v) is 1.97. The molecule has 1 rings (SSSR count). The molecule has 1 saturated heterocycles. The first-order chi connectivity index (χ1) is 7.02. The molecule has 0 aliphatic carbocycles. The van der Waals surface area contributed by atoms with Crippen LogP contribution in [-0.4, -0.2) is 41.3 Å². The van der Waals surface area contributed by atoms with Crippen LogP contribution < -0.4 is 10.6 Å². The van der Waals surface area contributed by atoms with Crippen molar-refractivity contribution in [2.24, 2.45) is 11.8 Å². The summed E-state index contributed by atoms with van der Waals surface area (Å²) in [5.74, 6) is 0.555. The van der Waals surface area contributed by atoms with E-state index in [1.54, 1.807) is 6.26 Å². The van der Waals surface area contributed by atoms with Gasteiger partial charge >= 0.3 is 0 Å². The fourth-order valence-electron chi connectivity index (χ4n) is 1.65. The van der Waals surface area contributed by atoms with E-state index in [2.05, 4.69) is 17.6 Å². The van der Waals surface area contributed by atoms with Crippen LogP contribution in [0.4, 0.5) is 0 Å². The lowest BCUT2D eigenvalue weighted by Crippen LogP contribution is -2.38. The molecular formula is C10H20N2O2S. The molecule has 5 heteroatoms. The number of carbonyl (C=O) groups is 1. The predicted octanol–water partition coefficient (Wildman–Crippen LogP) is -0.275. The van der Waals surface area contributed by atoms with E-state index in [9.17, 15) is 9.00 Å². The Bertz CT molecular complexity index is 258. The average Bonchev–Trinajstić information content (AvgIpc) is 2.60. The molecule has 0 aromatic rings. The third-order valence-electron chi connectivity index (χ3n) is 2.98. The van der Waals surface area contributed by atoms with Gasteiger partial charge in [0.2, 0.25) is 5.91 Å². The third kappa shape index (κ3) is 3.57. The molecule has 0 aromatic carbocycles. The van der Waals surface area contributed by atoms with E-state index in [1.165, 1.54) is 0 Å². The van der Waals surface area contributed by atoms with Crippen molar-refractivity contribution in [1.29, 1.82) is 0 Å². The molecule has 4 atom stereocenters. The smallest absolute Gasteiger partial charge is 0.224 e. The van der Waals surface area contributed by atoms with E-state index >= 15 is 0 Å². The molecule has 0 spiro atoms. The van der Waals surface area contributed by atoms with Gasteiger partial charge in [-0.15, -0.1) is 0 Å². The Morgan fingerprint density at radius 3 is 2.73 bits per heavy atom. The molecule has 2 N–H and O–H groups in total. The predicted molar refractivity (Wildman–Crippen MR) is 62.1 cm³/mol. The molecule has 2 unspecified atom stereocenters. The van der Waals surface area contributed by atoms with Gasteiger partial charge in [-0.3, -0.25) is 9.00 Å². The van der Waals surface area contributed by atoms with Crippen LogP contribution >= 0.6 is 0 Å². The minimum atomic E-state index is -0.867. The minimum absolute atomic E-state index is 0.0265. The molecule has 1 heterocycles. The van der Waals surface area contributed by atoms with Gasteiger partial charge < -0.3 is 10.6 Å². The zero-order valence-corrected chi connectivity index (χ0v) is 10.4. The summed E-state index contributed by atoms with van der Waals surface area (Å²) in [6.45, 7) is 6.13. The van der Waals surface area contributed by atoms with Gasteiger partial charge in [-0.2, -0.15) is 0 Å². The summed E-state index contributed by atoms with van der Waals surface area (Å²) < 4.78 is 11.1. The van der Waals surface area contributed by atoms with Crippen molar-refractivity contribution in [2.45, 2.75) is 19.1 Å². The zero-order valence-electron chi connectivity index (χ0n) is 9.58. The third-order valence-corrected chi connectivity index (χ3v) is 4.28. The number of nitrogens with one attached hydrogen (secondary N) is 2. The highest BCUT2D eigenvalue weighted by molar-refractivity contribution is 7.84. The van der Waals surface area contributed by atoms with Gasteiger partial charge in [0.25, 0.3) is 0 Å². The maximum atomic E-state index is 11.7. The summed E-state index contributed by atoms with van der Waals surface area (Å²) in [6, 6.07) is 0. The fraction of sp³-hybridized carbons (Fsp3) is 0.900. The van der Waals surface area contributed by atoms with Crippen molar-refractivity contribution in [1.82, 2.24) is 10.6 Å². The first-order valence-electron chi connectivity index (χ1n) is 5.33. The van der Waals surface area contributed by atoms with E-state index in [1.807, 2.05) is 6.92 Å². The summed E-state index contributed by atoms with van der Waals surface area (Å²) in [4.78, 5) is 11.7. The van der Waals surface area contributed by atoms with E-state index in [4.69, 9.17) is 0 Å². The molecule has 15 heavy (non-hydrogen) atoms. The maximum absolute atomic E-state index is 11.7. The Labute approximate surface area is 93.7 Å². The largest absolute Gasteiger partial charge is 0.355 e. The quantitative estimate of drug-likeness (QED) is 0.701. The van der Waals surface area contributed by atoms with E-state index in [-0.39, 0.29) is 17.1 Å². The van der Waals surface area contributed by atoms with Gasteiger partial charge in [-0.1, -0.05) is 6.92 Å². The number of carbonyl (C=O) groups excluding carboxylic acids is 1. The first-order valence-corrected chi connectivity index (χ1v) is 6.95. The summed E-state index contributed by atoms with van der Waals surface area (Å²) in [6.07, 6.45) is 1.66. The standard InChI is InChI=1S/C10H20N2O2S/c1-7-4-11-6-9(7)10(13)12-5-8(2)15(3)14/h7-9,11H,4-6H2,1-3H3,(H,12,13)/t7-,8?,9-,15?/m1/s1. The second-order valence-electron chi connectivity index (χ2n) is 4.30. The van der Waals surface area contributed by atoms with E-state index < -0.39 is 10.8 Å². The summed E-state index contributed by atoms with van der Waals surface area (Å²) in [5, 5.41) is 6.08. The van der Waals surface area contributed by atoms with Crippen molar-refractivity contribution in [3.05, 3.63) is 0 Å². The van der Waals surface area contributed by atoms with E-state index in [0.29, 0.717) is 12.5 Å². The maximum Gasteiger partial charge on any atom is 0.224 e. The van der Waals surface area contributed by atoms with Crippen LogP contribution in [0, 0.1) is 11.8 Å². The van der Waals surface area contributed by atoms with Crippen molar-refractivity contribution < 1.29 is 9.00 Å². The Hall–Kier alpha value is -0.420. The Morgan fingerprint density at radius 1 is 1.60 bits per heavy atom. The lowest BCUT2D eigenvalue weighted by Gasteiger charge is -2.16. The topological polar surface area (TPSA) is 58.2 Å². The molecule has 1 aliphatic rings. The Morgan fingerprint density at radius 2 is 2.27 bits per heavy atom. The van der Waals surface area contributed by atoms with Crippen LogP contribution in [0.25, 0.3) is 0 Å². The molecule has 0 radical (unpaired) electrons. The molecule has 1 aliphatic heterocycles. The van der Waals surface area contributed by atoms with Gasteiger partial charge in [-0.25, -0.2) is 0 Å². The van der Waals surface area contributed by atoms with Gasteiger partial charge in [0.1, 0.15) is 0 Å². The molecule has 0 aromatic heterocycles. The Balaban J connectivity index is 2.32. The molecule has 0 saturated carbocycles. The monoisotopic (exact) mass is 232 g/mol. The second-order valence-corrected chi connectivity index (χ2v) is 6.10. The van der Waals surface area contributed by atoms with Crippen molar-refractivity contribution >= 4 is 16.7 Å². The number of rotatable bonds is 4. The summed E-state index contributed by atoms with van der Waals surface area (Å²) in [7, 11) is -0.867. The molecule has 1 amide bonds. The zero-order chi connectivity index (χ0) is 11.4. The van der Waals surface area contributed by atoms with Crippen molar-refractivity contribution in [3.8, 4) is 0 Å². The van der Waals surface area contributed by atoms with E-state index in [0.717, 1.165) is 13.1 Å². The first kappa shape index (κ1) is 12.6. The Kier molecular flexibility index (Phi) is 4.73. The van der Waals surface area contributed by atoms with Crippen LogP contribution in [0.5, 0.6) is 0 Å². The van der Waals surface area contributed by atoms with Crippen molar-refractivity contribution in [3.63, 3.8) is 0 Å². The van der Waals surface area contributed by atoms with Crippen LogP contribution in [0.3, 0.4) is 0 Å². The highest BCUT2D eigenvalue weighted by atomic mass is 32.2. The molecule has 4 nitrogen and oxygen atoms in total. The van der Waals surface area contributed by atoms with Crippen molar-refractivity contribution in [2.75, 3.05) is 25.9 Å². The van der Waals surface area contributed by atoms with Crippen LogP contribution in [0.1, 0.15) is 13.8 Å². The minimum Gasteiger partial charge on any atom is -0.355 e. The number of hydrogen-bond donors (Lipinski definition) is 2. The summed E-state index contributed by atoms with van der Waals surface area (Å²) in [5.41, 5.74) is 0. The van der Waals surface area contributed by atoms with Gasteiger partial charge in [0, 0.05) is 35.4 Å². The summed E-state index contributed by atoms with van der Waals surface area (Å²) >= 11 is 0. The molecule has 1 fully saturated rings. The molecule has 0 bridgehead atoms. The van der Waals surface area contributed by atoms with Crippen LogP contribution in [0.15, 0.2) is 0 Å². The SMILES string of the molecule is CC(CNC(=O)[C@@H]1CNC[C@H]1C)S(C)=O. The number of amides is 1. The van der Waals surface area contributed by atoms with Gasteiger partial charge in [0.15, 0.2) is 0 Å².